The van der Waals surface area contributed by atoms with Gasteiger partial charge in [-0.05, 0) is 31.5 Å². The van der Waals surface area contributed by atoms with Crippen molar-refractivity contribution in [1.29, 1.82) is 0 Å². The maximum Gasteiger partial charge on any atom is 0.247 e. The largest absolute Gasteiger partial charge is 0.378 e. The van der Waals surface area contributed by atoms with Crippen molar-refractivity contribution in [2.24, 2.45) is 0 Å². The van der Waals surface area contributed by atoms with Crippen LogP contribution in [0.15, 0.2) is 34.9 Å². The van der Waals surface area contributed by atoms with Gasteiger partial charge in [-0.2, -0.15) is 0 Å². The molecular weight excluding hydrogens is 348 g/mol. The first-order valence-electron chi connectivity index (χ1n) is 8.96. The van der Waals surface area contributed by atoms with Crippen molar-refractivity contribution in [2.45, 2.75) is 26.3 Å². The Morgan fingerprint density at radius 3 is 2.56 bits per heavy atom. The van der Waals surface area contributed by atoms with E-state index < -0.39 is 6.04 Å². The molecule has 0 radical (unpaired) electrons. The number of amides is 2. The molecular formula is C19H24N4O4. The number of rotatable bonds is 6. The smallest absolute Gasteiger partial charge is 0.247 e. The molecule has 0 spiro atoms. The molecule has 27 heavy (non-hydrogen) atoms. The van der Waals surface area contributed by atoms with E-state index in [1.807, 2.05) is 24.3 Å². The number of nitrogens with zero attached hydrogens (tertiary/aromatic N) is 2. The monoisotopic (exact) mass is 372 g/mol. The van der Waals surface area contributed by atoms with Crippen molar-refractivity contribution < 1.29 is 18.8 Å². The summed E-state index contributed by atoms with van der Waals surface area (Å²) in [6, 6.07) is 8.83. The van der Waals surface area contributed by atoms with Crippen LogP contribution in [0.3, 0.4) is 0 Å². The summed E-state index contributed by atoms with van der Waals surface area (Å²) >= 11 is 0. The molecule has 1 aromatic heterocycles. The minimum Gasteiger partial charge on any atom is -0.378 e. The Morgan fingerprint density at radius 2 is 1.93 bits per heavy atom. The molecule has 8 heteroatoms. The first kappa shape index (κ1) is 18.9. The molecule has 2 heterocycles. The van der Waals surface area contributed by atoms with E-state index in [2.05, 4.69) is 20.7 Å². The van der Waals surface area contributed by atoms with Crippen molar-refractivity contribution in [3.63, 3.8) is 0 Å². The number of ether oxygens (including phenoxy) is 1. The highest BCUT2D eigenvalue weighted by molar-refractivity contribution is 5.96. The third-order valence-electron chi connectivity index (χ3n) is 4.33. The van der Waals surface area contributed by atoms with Gasteiger partial charge in [-0.15, -0.1) is 0 Å². The van der Waals surface area contributed by atoms with E-state index >= 15 is 0 Å². The van der Waals surface area contributed by atoms with Gasteiger partial charge in [-0.3, -0.25) is 9.59 Å². The molecule has 2 amide bonds. The number of carbonyl (C=O) groups is 2. The number of morpholine rings is 1. The van der Waals surface area contributed by atoms with Crippen LogP contribution in [-0.4, -0.2) is 49.3 Å². The molecule has 1 aliphatic heterocycles. The Kier molecular flexibility index (Phi) is 6.08. The van der Waals surface area contributed by atoms with E-state index in [0.29, 0.717) is 11.6 Å². The lowest BCUT2D eigenvalue weighted by Crippen LogP contribution is -2.42. The van der Waals surface area contributed by atoms with Gasteiger partial charge in [0, 0.05) is 24.8 Å². The Balaban J connectivity index is 1.48. The summed E-state index contributed by atoms with van der Waals surface area (Å²) in [7, 11) is 0. The van der Waals surface area contributed by atoms with Gasteiger partial charge in [0.05, 0.1) is 19.6 Å². The van der Waals surface area contributed by atoms with Gasteiger partial charge in [-0.1, -0.05) is 17.3 Å². The van der Waals surface area contributed by atoms with Gasteiger partial charge in [-0.25, -0.2) is 0 Å². The van der Waals surface area contributed by atoms with Crippen molar-refractivity contribution in [2.75, 3.05) is 36.5 Å². The lowest BCUT2D eigenvalue weighted by Gasteiger charge is -2.28. The molecule has 144 valence electrons. The predicted molar refractivity (Wildman–Crippen MR) is 101 cm³/mol. The van der Waals surface area contributed by atoms with Crippen LogP contribution in [0.1, 0.15) is 18.2 Å². The molecule has 0 bridgehead atoms. The van der Waals surface area contributed by atoms with Crippen LogP contribution in [0.25, 0.3) is 0 Å². The zero-order valence-electron chi connectivity index (χ0n) is 15.5. The van der Waals surface area contributed by atoms with Crippen molar-refractivity contribution in [1.82, 2.24) is 10.5 Å². The van der Waals surface area contributed by atoms with Crippen molar-refractivity contribution in [3.05, 3.63) is 41.7 Å². The minimum atomic E-state index is -0.679. The summed E-state index contributed by atoms with van der Waals surface area (Å²) in [6.07, 6.45) is 0.212. The van der Waals surface area contributed by atoms with E-state index in [1.54, 1.807) is 19.9 Å². The minimum absolute atomic E-state index is 0.212. The van der Waals surface area contributed by atoms with E-state index in [0.717, 1.165) is 37.6 Å². The molecule has 1 aliphatic rings. The Hall–Kier alpha value is -2.87. The molecule has 1 aromatic carbocycles. The normalized spacial score (nSPS) is 15.3. The average Bonchev–Trinajstić information content (AvgIpc) is 3.07. The van der Waals surface area contributed by atoms with Crippen molar-refractivity contribution in [3.8, 4) is 0 Å². The maximum atomic E-state index is 12.2. The predicted octanol–water partition coefficient (Wildman–Crippen LogP) is 1.51. The molecule has 8 nitrogen and oxygen atoms in total. The van der Waals surface area contributed by atoms with Gasteiger partial charge >= 0.3 is 0 Å². The second-order valence-electron chi connectivity index (χ2n) is 6.54. The fourth-order valence-electron chi connectivity index (χ4n) is 2.85. The molecule has 3 rings (SSSR count). The average molecular weight is 372 g/mol. The van der Waals surface area contributed by atoms with Crippen LogP contribution in [0.2, 0.25) is 0 Å². The zero-order valence-corrected chi connectivity index (χ0v) is 15.5. The van der Waals surface area contributed by atoms with Crippen LogP contribution >= 0.6 is 0 Å². The number of aromatic nitrogens is 1. The van der Waals surface area contributed by atoms with E-state index in [1.165, 1.54) is 0 Å². The summed E-state index contributed by atoms with van der Waals surface area (Å²) in [5.41, 5.74) is 2.02. The number of carbonyl (C=O) groups excluding carboxylic acids is 2. The van der Waals surface area contributed by atoms with Gasteiger partial charge < -0.3 is 24.8 Å². The highest BCUT2D eigenvalue weighted by atomic mass is 16.5. The number of aryl methyl sites for hydroxylation is 1. The summed E-state index contributed by atoms with van der Waals surface area (Å²) in [5, 5.41) is 9.00. The fraction of sp³-hybridized carbons (Fsp3) is 0.421. The van der Waals surface area contributed by atoms with E-state index in [-0.39, 0.29) is 18.2 Å². The van der Waals surface area contributed by atoms with Crippen LogP contribution in [0.4, 0.5) is 11.5 Å². The SMILES string of the molecule is Cc1cc(NC(=O)C(C)NC(=O)Cc2ccc(N3CCOCC3)cc2)no1. The third kappa shape index (κ3) is 5.30. The molecule has 0 saturated carbocycles. The Bertz CT molecular complexity index is 781. The van der Waals surface area contributed by atoms with Gasteiger partial charge in [0.1, 0.15) is 11.8 Å². The third-order valence-corrected chi connectivity index (χ3v) is 4.33. The summed E-state index contributed by atoms with van der Waals surface area (Å²) < 4.78 is 10.3. The Morgan fingerprint density at radius 1 is 1.22 bits per heavy atom. The lowest BCUT2D eigenvalue weighted by atomic mass is 10.1. The summed E-state index contributed by atoms with van der Waals surface area (Å²) in [6.45, 7) is 6.57. The number of hydrogen-bond acceptors (Lipinski definition) is 6. The quantitative estimate of drug-likeness (QED) is 0.798. The van der Waals surface area contributed by atoms with E-state index in [9.17, 15) is 9.59 Å². The van der Waals surface area contributed by atoms with Crippen molar-refractivity contribution >= 4 is 23.3 Å². The first-order chi connectivity index (χ1) is 13.0. The number of hydrogen-bond donors (Lipinski definition) is 2. The standard InChI is InChI=1S/C19H24N4O4/c1-13-11-17(22-27-13)21-19(25)14(2)20-18(24)12-15-3-5-16(6-4-15)23-7-9-26-10-8-23/h3-6,11,14H,7-10,12H2,1-2H3,(H,20,24)(H,21,22,25). The second kappa shape index (κ2) is 8.68. The molecule has 2 N–H and O–H groups in total. The van der Waals surface area contributed by atoms with E-state index in [4.69, 9.17) is 9.26 Å². The maximum absolute atomic E-state index is 12.2. The van der Waals surface area contributed by atoms with Crippen LogP contribution in [0, 0.1) is 6.92 Å². The number of anilines is 2. The summed E-state index contributed by atoms with van der Waals surface area (Å²) in [5.74, 6) is 0.368. The molecule has 0 aliphatic carbocycles. The fourth-order valence-corrected chi connectivity index (χ4v) is 2.85. The first-order valence-corrected chi connectivity index (χ1v) is 8.96. The molecule has 1 atom stereocenters. The second-order valence-corrected chi connectivity index (χ2v) is 6.54. The summed E-state index contributed by atoms with van der Waals surface area (Å²) in [4.78, 5) is 26.6. The molecule has 1 fully saturated rings. The van der Waals surface area contributed by atoms with Crippen LogP contribution in [-0.2, 0) is 20.7 Å². The molecule has 2 aromatic rings. The van der Waals surface area contributed by atoms with Gasteiger partial charge in [0.25, 0.3) is 0 Å². The van der Waals surface area contributed by atoms with Crippen LogP contribution in [0.5, 0.6) is 0 Å². The van der Waals surface area contributed by atoms with Gasteiger partial charge in [0.15, 0.2) is 5.82 Å². The lowest BCUT2D eigenvalue weighted by molar-refractivity contribution is -0.125. The van der Waals surface area contributed by atoms with Crippen LogP contribution < -0.4 is 15.5 Å². The molecule has 1 unspecified atom stereocenters. The Labute approximate surface area is 157 Å². The molecule has 1 saturated heterocycles. The zero-order chi connectivity index (χ0) is 19.2. The highest BCUT2D eigenvalue weighted by Crippen LogP contribution is 2.17. The highest BCUT2D eigenvalue weighted by Gasteiger charge is 2.17. The van der Waals surface area contributed by atoms with Gasteiger partial charge in [0.2, 0.25) is 11.8 Å². The number of benzene rings is 1. The topological polar surface area (TPSA) is 96.7 Å². The number of nitrogens with one attached hydrogen (secondary N) is 2.